The van der Waals surface area contributed by atoms with Gasteiger partial charge in [-0.05, 0) is 58.4 Å². The van der Waals surface area contributed by atoms with Gasteiger partial charge in [0.2, 0.25) is 5.91 Å². The highest BCUT2D eigenvalue weighted by molar-refractivity contribution is 9.11. The first-order chi connectivity index (χ1) is 13.5. The molecule has 0 unspecified atom stereocenters. The highest BCUT2D eigenvalue weighted by atomic mass is 79.9. The van der Waals surface area contributed by atoms with Crippen LogP contribution in [0.5, 0.6) is 11.5 Å². The predicted octanol–water partition coefficient (Wildman–Crippen LogP) is 6.00. The molecule has 1 N–H and O–H groups in total. The Morgan fingerprint density at radius 1 is 1.14 bits per heavy atom. The number of rotatable bonds is 6. The summed E-state index contributed by atoms with van der Waals surface area (Å²) in [6.45, 7) is 0. The van der Waals surface area contributed by atoms with Crippen molar-refractivity contribution in [1.29, 1.82) is 0 Å². The minimum absolute atomic E-state index is 0.270. The van der Waals surface area contributed by atoms with Crippen molar-refractivity contribution in [2.24, 2.45) is 0 Å². The van der Waals surface area contributed by atoms with Gasteiger partial charge in [-0.3, -0.25) is 10.1 Å². The number of carbonyl (C=O) groups is 1. The van der Waals surface area contributed by atoms with E-state index < -0.39 is 0 Å². The third kappa shape index (κ3) is 5.01. The number of amides is 1. The molecule has 3 rings (SSSR count). The molecule has 0 fully saturated rings. The number of anilines is 1. The summed E-state index contributed by atoms with van der Waals surface area (Å²) in [7, 11) is 3.21. The average molecular weight is 524 g/mol. The lowest BCUT2D eigenvalue weighted by molar-refractivity contribution is -0.111. The molecule has 1 amide bonds. The van der Waals surface area contributed by atoms with Crippen LogP contribution in [-0.2, 0) is 4.79 Å². The van der Waals surface area contributed by atoms with Crippen LogP contribution in [-0.4, -0.2) is 25.1 Å². The van der Waals surface area contributed by atoms with Crippen molar-refractivity contribution in [1.82, 2.24) is 4.98 Å². The van der Waals surface area contributed by atoms with E-state index in [2.05, 4.69) is 42.2 Å². The van der Waals surface area contributed by atoms with Crippen LogP contribution < -0.4 is 14.8 Å². The summed E-state index contributed by atoms with van der Waals surface area (Å²) in [5.74, 6) is 1.17. The topological polar surface area (TPSA) is 60.5 Å². The van der Waals surface area contributed by atoms with Crippen LogP contribution in [0.3, 0.4) is 0 Å². The number of aromatic nitrogens is 1. The Bertz CT molecular complexity index is 1020. The second-order valence-electron chi connectivity index (χ2n) is 5.60. The Balaban J connectivity index is 1.70. The number of benzene rings is 2. The van der Waals surface area contributed by atoms with Gasteiger partial charge in [-0.15, -0.1) is 11.3 Å². The SMILES string of the molecule is COc1ccc(-c2csc(NC(=O)/C=C/c3cc(Br)cc(Br)c3OC)n2)cc1. The van der Waals surface area contributed by atoms with Gasteiger partial charge in [-0.2, -0.15) is 0 Å². The first-order valence-electron chi connectivity index (χ1n) is 8.12. The summed E-state index contributed by atoms with van der Waals surface area (Å²) in [6.07, 6.45) is 3.15. The lowest BCUT2D eigenvalue weighted by Crippen LogP contribution is -2.07. The van der Waals surface area contributed by atoms with Crippen molar-refractivity contribution in [3.63, 3.8) is 0 Å². The van der Waals surface area contributed by atoms with Crippen LogP contribution in [0.4, 0.5) is 5.13 Å². The molecule has 0 radical (unpaired) electrons. The van der Waals surface area contributed by atoms with Gasteiger partial charge < -0.3 is 9.47 Å². The summed E-state index contributed by atoms with van der Waals surface area (Å²) in [5.41, 5.74) is 2.53. The van der Waals surface area contributed by atoms with Gasteiger partial charge in [0.25, 0.3) is 0 Å². The largest absolute Gasteiger partial charge is 0.497 e. The van der Waals surface area contributed by atoms with Crippen LogP contribution in [0.15, 0.2) is 56.8 Å². The Morgan fingerprint density at radius 3 is 2.57 bits per heavy atom. The van der Waals surface area contributed by atoms with Gasteiger partial charge >= 0.3 is 0 Å². The zero-order valence-corrected chi connectivity index (χ0v) is 19.0. The van der Waals surface area contributed by atoms with Gasteiger partial charge in [-0.1, -0.05) is 15.9 Å². The van der Waals surface area contributed by atoms with Crippen LogP contribution >= 0.6 is 43.2 Å². The van der Waals surface area contributed by atoms with E-state index in [1.54, 1.807) is 20.3 Å². The number of methoxy groups -OCH3 is 2. The van der Waals surface area contributed by atoms with Crippen LogP contribution in [0.2, 0.25) is 0 Å². The molecule has 0 spiro atoms. The van der Waals surface area contributed by atoms with Gasteiger partial charge in [0.1, 0.15) is 11.5 Å². The van der Waals surface area contributed by atoms with Crippen molar-refractivity contribution >= 4 is 60.3 Å². The molecule has 0 bridgehead atoms. The molecular formula is C20H16Br2N2O3S. The van der Waals surface area contributed by atoms with Crippen molar-refractivity contribution in [3.05, 3.63) is 62.4 Å². The zero-order chi connectivity index (χ0) is 20.1. The average Bonchev–Trinajstić information content (AvgIpc) is 3.14. The Morgan fingerprint density at radius 2 is 1.89 bits per heavy atom. The highest BCUT2D eigenvalue weighted by Crippen LogP contribution is 2.33. The van der Waals surface area contributed by atoms with Crippen molar-refractivity contribution < 1.29 is 14.3 Å². The number of carbonyl (C=O) groups excluding carboxylic acids is 1. The molecule has 3 aromatic rings. The van der Waals surface area contributed by atoms with Crippen LogP contribution in [0, 0.1) is 0 Å². The van der Waals surface area contributed by atoms with Crippen molar-refractivity contribution in [3.8, 4) is 22.8 Å². The number of nitrogens with zero attached hydrogens (tertiary/aromatic N) is 1. The third-order valence-corrected chi connectivity index (χ3v) is 5.58. The number of halogens is 2. The van der Waals surface area contributed by atoms with Crippen LogP contribution in [0.25, 0.3) is 17.3 Å². The lowest BCUT2D eigenvalue weighted by atomic mass is 10.2. The van der Waals surface area contributed by atoms with Crippen LogP contribution in [0.1, 0.15) is 5.56 Å². The number of hydrogen-bond acceptors (Lipinski definition) is 5. The van der Waals surface area contributed by atoms with Crippen molar-refractivity contribution in [2.45, 2.75) is 0 Å². The molecule has 0 atom stereocenters. The summed E-state index contributed by atoms with van der Waals surface area (Å²) in [6, 6.07) is 11.4. The van der Waals surface area contributed by atoms with E-state index in [4.69, 9.17) is 9.47 Å². The molecule has 0 saturated carbocycles. The van der Waals surface area contributed by atoms with Gasteiger partial charge in [0, 0.05) is 27.1 Å². The number of nitrogens with one attached hydrogen (secondary N) is 1. The molecule has 5 nitrogen and oxygen atoms in total. The first kappa shape index (κ1) is 20.6. The fourth-order valence-corrected chi connectivity index (χ4v) is 4.60. The van der Waals surface area contributed by atoms with E-state index in [0.29, 0.717) is 10.9 Å². The first-order valence-corrected chi connectivity index (χ1v) is 10.6. The molecule has 1 heterocycles. The van der Waals surface area contributed by atoms with E-state index in [9.17, 15) is 4.79 Å². The Labute approximate surface area is 183 Å². The highest BCUT2D eigenvalue weighted by Gasteiger charge is 2.09. The quantitative estimate of drug-likeness (QED) is 0.402. The number of thiazole rings is 1. The maximum absolute atomic E-state index is 12.3. The van der Waals surface area contributed by atoms with E-state index >= 15 is 0 Å². The molecule has 2 aromatic carbocycles. The monoisotopic (exact) mass is 522 g/mol. The Kier molecular flexibility index (Phi) is 6.88. The minimum Gasteiger partial charge on any atom is -0.497 e. The molecule has 0 aliphatic heterocycles. The maximum Gasteiger partial charge on any atom is 0.250 e. The molecule has 0 aliphatic carbocycles. The van der Waals surface area contributed by atoms with Gasteiger partial charge in [0.05, 0.1) is 24.4 Å². The fourth-order valence-electron chi connectivity index (χ4n) is 2.46. The molecule has 1 aromatic heterocycles. The Hall–Kier alpha value is -2.16. The van der Waals surface area contributed by atoms with E-state index in [-0.39, 0.29) is 5.91 Å². The molecule has 0 saturated heterocycles. The summed E-state index contributed by atoms with van der Waals surface area (Å²) < 4.78 is 12.2. The van der Waals surface area contributed by atoms with E-state index in [0.717, 1.165) is 31.5 Å². The molecule has 144 valence electrons. The number of hydrogen-bond donors (Lipinski definition) is 1. The fraction of sp³-hybridized carbons (Fsp3) is 0.100. The lowest BCUT2D eigenvalue weighted by Gasteiger charge is -2.08. The summed E-state index contributed by atoms with van der Waals surface area (Å²) in [4.78, 5) is 16.7. The predicted molar refractivity (Wildman–Crippen MR) is 120 cm³/mol. The second-order valence-corrected chi connectivity index (χ2v) is 8.23. The van der Waals surface area contributed by atoms with E-state index in [1.165, 1.54) is 17.4 Å². The molecule has 0 aliphatic rings. The molecule has 28 heavy (non-hydrogen) atoms. The molecular weight excluding hydrogens is 508 g/mol. The van der Waals surface area contributed by atoms with Crippen molar-refractivity contribution in [2.75, 3.05) is 19.5 Å². The molecule has 8 heteroatoms. The second kappa shape index (κ2) is 9.36. The number of ether oxygens (including phenoxy) is 2. The van der Waals surface area contributed by atoms with E-state index in [1.807, 2.05) is 41.8 Å². The maximum atomic E-state index is 12.3. The van der Waals surface area contributed by atoms with Gasteiger partial charge in [0.15, 0.2) is 5.13 Å². The normalized spacial score (nSPS) is 10.9. The standard InChI is InChI=1S/C20H16Br2N2O3S/c1-26-15-6-3-12(4-7-15)17-11-28-20(23-17)24-18(25)8-5-13-9-14(21)10-16(22)19(13)27-2/h3-11H,1-2H3,(H,23,24,25)/b8-5+. The zero-order valence-electron chi connectivity index (χ0n) is 15.0. The summed E-state index contributed by atoms with van der Waals surface area (Å²) >= 11 is 8.25. The smallest absolute Gasteiger partial charge is 0.250 e. The summed E-state index contributed by atoms with van der Waals surface area (Å²) in [5, 5.41) is 5.21. The van der Waals surface area contributed by atoms with Gasteiger partial charge in [-0.25, -0.2) is 4.98 Å². The third-order valence-electron chi connectivity index (χ3n) is 3.78. The minimum atomic E-state index is -0.270.